The quantitative estimate of drug-likeness (QED) is 0.416. The average Bonchev–Trinajstić information content (AvgIpc) is 2.86. The number of carbonyl (C=O) groups excluding carboxylic acids is 2. The molecule has 0 aliphatic rings. The van der Waals surface area contributed by atoms with Gasteiger partial charge in [0, 0.05) is 12.0 Å². The molecular weight excluding hydrogens is 414 g/mol. The SMILES string of the molecule is CCCCc1ccc(COc2ccc(C(=O)N[C@@H](Cc3ccccc3)C(=O)OC)cc2)cc1. The van der Waals surface area contributed by atoms with Crippen molar-refractivity contribution in [1.29, 1.82) is 0 Å². The van der Waals surface area contributed by atoms with E-state index >= 15 is 0 Å². The summed E-state index contributed by atoms with van der Waals surface area (Å²) in [6.07, 6.45) is 3.85. The van der Waals surface area contributed by atoms with Gasteiger partial charge in [-0.25, -0.2) is 4.79 Å². The average molecular weight is 446 g/mol. The molecule has 0 aliphatic carbocycles. The first-order valence-electron chi connectivity index (χ1n) is 11.3. The third kappa shape index (κ3) is 7.49. The Morgan fingerprint density at radius 3 is 2.15 bits per heavy atom. The molecule has 0 heterocycles. The van der Waals surface area contributed by atoms with Crippen LogP contribution in [0.3, 0.4) is 0 Å². The van der Waals surface area contributed by atoms with Gasteiger partial charge in [-0.15, -0.1) is 0 Å². The van der Waals surface area contributed by atoms with E-state index in [0.29, 0.717) is 24.3 Å². The molecule has 3 aromatic carbocycles. The van der Waals surface area contributed by atoms with Crippen molar-refractivity contribution in [1.82, 2.24) is 5.32 Å². The van der Waals surface area contributed by atoms with Crippen molar-refractivity contribution in [3.8, 4) is 5.75 Å². The maximum Gasteiger partial charge on any atom is 0.328 e. The molecule has 0 unspecified atom stereocenters. The second kappa shape index (κ2) is 12.4. The van der Waals surface area contributed by atoms with Gasteiger partial charge < -0.3 is 14.8 Å². The van der Waals surface area contributed by atoms with Crippen LogP contribution in [0, 0.1) is 0 Å². The molecular formula is C28H31NO4. The van der Waals surface area contributed by atoms with Crippen LogP contribution in [0.25, 0.3) is 0 Å². The Morgan fingerprint density at radius 2 is 1.52 bits per heavy atom. The van der Waals surface area contributed by atoms with Gasteiger partial charge in [0.25, 0.3) is 5.91 Å². The summed E-state index contributed by atoms with van der Waals surface area (Å²) >= 11 is 0. The Hall–Kier alpha value is -3.60. The fourth-order valence-corrected chi connectivity index (χ4v) is 3.48. The molecule has 1 amide bonds. The molecule has 0 aromatic heterocycles. The minimum Gasteiger partial charge on any atom is -0.489 e. The summed E-state index contributed by atoms with van der Waals surface area (Å²) < 4.78 is 10.7. The highest BCUT2D eigenvalue weighted by molar-refractivity contribution is 5.96. The topological polar surface area (TPSA) is 64.6 Å². The van der Waals surface area contributed by atoms with Crippen LogP contribution in [0.1, 0.15) is 46.8 Å². The predicted octanol–water partition coefficient (Wildman–Crippen LogP) is 5.12. The van der Waals surface area contributed by atoms with E-state index in [9.17, 15) is 9.59 Å². The van der Waals surface area contributed by atoms with E-state index in [4.69, 9.17) is 9.47 Å². The van der Waals surface area contributed by atoms with Crippen LogP contribution in [0.15, 0.2) is 78.9 Å². The number of hydrogen-bond donors (Lipinski definition) is 1. The van der Waals surface area contributed by atoms with Crippen molar-refractivity contribution in [2.75, 3.05) is 7.11 Å². The summed E-state index contributed by atoms with van der Waals surface area (Å²) in [5.74, 6) is -0.140. The predicted molar refractivity (Wildman–Crippen MR) is 129 cm³/mol. The normalized spacial score (nSPS) is 11.5. The molecule has 3 rings (SSSR count). The van der Waals surface area contributed by atoms with Crippen molar-refractivity contribution in [2.45, 2.75) is 45.3 Å². The van der Waals surface area contributed by atoms with Crippen LogP contribution in [-0.2, 0) is 29.0 Å². The molecule has 0 saturated heterocycles. The molecule has 0 fully saturated rings. The molecule has 5 nitrogen and oxygen atoms in total. The van der Waals surface area contributed by atoms with Gasteiger partial charge >= 0.3 is 5.97 Å². The lowest BCUT2D eigenvalue weighted by Gasteiger charge is -2.17. The molecule has 0 radical (unpaired) electrons. The monoisotopic (exact) mass is 445 g/mol. The van der Waals surface area contributed by atoms with E-state index in [1.54, 1.807) is 24.3 Å². The minimum atomic E-state index is -0.763. The minimum absolute atomic E-state index is 0.337. The number of aryl methyl sites for hydroxylation is 1. The first kappa shape index (κ1) is 24.1. The van der Waals surface area contributed by atoms with Gasteiger partial charge in [-0.05, 0) is 53.8 Å². The Bertz CT molecular complexity index is 1010. The van der Waals surface area contributed by atoms with Crippen molar-refractivity contribution < 1.29 is 19.1 Å². The van der Waals surface area contributed by atoms with Gasteiger partial charge in [-0.2, -0.15) is 0 Å². The van der Waals surface area contributed by atoms with Crippen molar-refractivity contribution in [3.05, 3.63) is 101 Å². The van der Waals surface area contributed by atoms with Gasteiger partial charge in [0.05, 0.1) is 7.11 Å². The molecule has 172 valence electrons. The number of esters is 1. The Balaban J connectivity index is 1.55. The fraction of sp³-hybridized carbons (Fsp3) is 0.286. The first-order chi connectivity index (χ1) is 16.1. The van der Waals surface area contributed by atoms with Crippen LogP contribution in [0.2, 0.25) is 0 Å². The smallest absolute Gasteiger partial charge is 0.328 e. The third-order valence-corrected chi connectivity index (χ3v) is 5.44. The largest absolute Gasteiger partial charge is 0.489 e. The van der Waals surface area contributed by atoms with E-state index in [1.807, 2.05) is 30.3 Å². The number of benzene rings is 3. The maximum absolute atomic E-state index is 12.7. The fourth-order valence-electron chi connectivity index (χ4n) is 3.48. The summed E-state index contributed by atoms with van der Waals surface area (Å²) in [6, 6.07) is 24.1. The van der Waals surface area contributed by atoms with E-state index in [0.717, 1.165) is 17.5 Å². The lowest BCUT2D eigenvalue weighted by atomic mass is 10.1. The van der Waals surface area contributed by atoms with Crippen LogP contribution < -0.4 is 10.1 Å². The van der Waals surface area contributed by atoms with E-state index in [-0.39, 0.29) is 5.91 Å². The zero-order valence-electron chi connectivity index (χ0n) is 19.3. The Labute approximate surface area is 195 Å². The summed E-state index contributed by atoms with van der Waals surface area (Å²) in [4.78, 5) is 24.9. The van der Waals surface area contributed by atoms with E-state index in [1.165, 1.54) is 25.5 Å². The Morgan fingerprint density at radius 1 is 0.848 bits per heavy atom. The number of ether oxygens (including phenoxy) is 2. The van der Waals surface area contributed by atoms with Crippen molar-refractivity contribution in [3.63, 3.8) is 0 Å². The molecule has 3 aromatic rings. The standard InChI is InChI=1S/C28H31NO4/c1-3-4-8-21-11-13-23(14-12-21)20-33-25-17-15-24(16-18-25)27(30)29-26(28(31)32-2)19-22-9-6-5-7-10-22/h5-7,9-18,26H,3-4,8,19-20H2,1-2H3,(H,29,30)/t26-/m0/s1. The summed E-state index contributed by atoms with van der Waals surface area (Å²) in [7, 11) is 1.32. The first-order valence-corrected chi connectivity index (χ1v) is 11.3. The lowest BCUT2D eigenvalue weighted by molar-refractivity contribution is -0.142. The second-order valence-electron chi connectivity index (χ2n) is 7.97. The Kier molecular flexibility index (Phi) is 9.07. The van der Waals surface area contributed by atoms with Gasteiger partial charge in [0.2, 0.25) is 0 Å². The third-order valence-electron chi connectivity index (χ3n) is 5.44. The number of rotatable bonds is 11. The second-order valence-corrected chi connectivity index (χ2v) is 7.97. The number of unbranched alkanes of at least 4 members (excludes halogenated alkanes) is 1. The van der Waals surface area contributed by atoms with E-state index in [2.05, 4.69) is 36.5 Å². The highest BCUT2D eigenvalue weighted by Gasteiger charge is 2.22. The molecule has 0 aliphatic heterocycles. The van der Waals surface area contributed by atoms with Gasteiger partial charge in [0.15, 0.2) is 0 Å². The van der Waals surface area contributed by atoms with Gasteiger partial charge in [0.1, 0.15) is 18.4 Å². The van der Waals surface area contributed by atoms with Gasteiger partial charge in [-0.1, -0.05) is 67.9 Å². The van der Waals surface area contributed by atoms with Crippen LogP contribution in [-0.4, -0.2) is 25.0 Å². The summed E-state index contributed by atoms with van der Waals surface area (Å²) in [5.41, 5.74) is 3.83. The summed E-state index contributed by atoms with van der Waals surface area (Å²) in [5, 5.41) is 2.78. The molecule has 5 heteroatoms. The van der Waals surface area contributed by atoms with Crippen LogP contribution >= 0.6 is 0 Å². The maximum atomic E-state index is 12.7. The molecule has 1 atom stereocenters. The zero-order valence-corrected chi connectivity index (χ0v) is 19.3. The lowest BCUT2D eigenvalue weighted by Crippen LogP contribution is -2.43. The number of hydrogen-bond acceptors (Lipinski definition) is 4. The zero-order chi connectivity index (χ0) is 23.5. The van der Waals surface area contributed by atoms with Crippen LogP contribution in [0.4, 0.5) is 0 Å². The molecule has 33 heavy (non-hydrogen) atoms. The number of carbonyl (C=O) groups is 2. The molecule has 0 saturated carbocycles. The number of amides is 1. The summed E-state index contributed by atoms with van der Waals surface area (Å²) in [6.45, 7) is 2.65. The highest BCUT2D eigenvalue weighted by atomic mass is 16.5. The van der Waals surface area contributed by atoms with Crippen LogP contribution in [0.5, 0.6) is 5.75 Å². The number of nitrogens with one attached hydrogen (secondary N) is 1. The van der Waals surface area contributed by atoms with Crippen molar-refractivity contribution >= 4 is 11.9 Å². The van der Waals surface area contributed by atoms with Crippen molar-refractivity contribution in [2.24, 2.45) is 0 Å². The molecule has 0 bridgehead atoms. The molecule has 1 N–H and O–H groups in total. The molecule has 0 spiro atoms. The highest BCUT2D eigenvalue weighted by Crippen LogP contribution is 2.16. The van der Waals surface area contributed by atoms with E-state index < -0.39 is 12.0 Å². The van der Waals surface area contributed by atoms with Gasteiger partial charge in [-0.3, -0.25) is 4.79 Å². The number of methoxy groups -OCH3 is 1.